The first-order valence-corrected chi connectivity index (χ1v) is 6.08. The van der Waals surface area contributed by atoms with E-state index in [0.717, 1.165) is 23.5 Å². The van der Waals surface area contributed by atoms with Crippen LogP contribution in [0.3, 0.4) is 0 Å². The maximum Gasteiger partial charge on any atom is 0.122 e. The summed E-state index contributed by atoms with van der Waals surface area (Å²) in [4.78, 5) is 0. The standard InChI is InChI=1S/C16H15NO2/c1-18-15-3-2-4-16(11-15)19-10-9-13-5-7-14(12-17)8-6-13/h2-8,11H,9-10H2,1H3. The molecule has 96 valence electrons. The van der Waals surface area contributed by atoms with E-state index in [4.69, 9.17) is 14.7 Å². The Morgan fingerprint density at radius 3 is 2.47 bits per heavy atom. The molecule has 0 saturated carbocycles. The van der Waals surface area contributed by atoms with E-state index in [9.17, 15) is 0 Å². The molecule has 0 aromatic heterocycles. The molecule has 0 aliphatic carbocycles. The molecule has 0 atom stereocenters. The molecular weight excluding hydrogens is 238 g/mol. The zero-order valence-electron chi connectivity index (χ0n) is 10.8. The van der Waals surface area contributed by atoms with E-state index < -0.39 is 0 Å². The Morgan fingerprint density at radius 1 is 1.05 bits per heavy atom. The van der Waals surface area contributed by atoms with Crippen molar-refractivity contribution in [3.63, 3.8) is 0 Å². The predicted molar refractivity (Wildman–Crippen MR) is 73.4 cm³/mol. The van der Waals surface area contributed by atoms with Crippen LogP contribution in [0.1, 0.15) is 11.1 Å². The van der Waals surface area contributed by atoms with Gasteiger partial charge in [0.15, 0.2) is 0 Å². The highest BCUT2D eigenvalue weighted by atomic mass is 16.5. The highest BCUT2D eigenvalue weighted by molar-refractivity contribution is 5.33. The van der Waals surface area contributed by atoms with Gasteiger partial charge in [-0.25, -0.2) is 0 Å². The van der Waals surface area contributed by atoms with Crippen LogP contribution in [-0.2, 0) is 6.42 Å². The number of rotatable bonds is 5. The van der Waals surface area contributed by atoms with Gasteiger partial charge in [-0.3, -0.25) is 0 Å². The Hall–Kier alpha value is -2.47. The maximum atomic E-state index is 8.72. The van der Waals surface area contributed by atoms with Gasteiger partial charge in [-0.1, -0.05) is 18.2 Å². The molecule has 0 fully saturated rings. The van der Waals surface area contributed by atoms with Crippen LogP contribution >= 0.6 is 0 Å². The normalized spacial score (nSPS) is 9.68. The quantitative estimate of drug-likeness (QED) is 0.821. The van der Waals surface area contributed by atoms with Crippen molar-refractivity contribution in [2.24, 2.45) is 0 Å². The second-order valence-electron chi connectivity index (χ2n) is 4.09. The Kier molecular flexibility index (Phi) is 4.41. The molecule has 3 nitrogen and oxygen atoms in total. The lowest BCUT2D eigenvalue weighted by atomic mass is 10.1. The summed E-state index contributed by atoms with van der Waals surface area (Å²) in [6.45, 7) is 0.596. The van der Waals surface area contributed by atoms with Crippen LogP contribution in [0, 0.1) is 11.3 Å². The minimum atomic E-state index is 0.596. The summed E-state index contributed by atoms with van der Waals surface area (Å²) >= 11 is 0. The third-order valence-corrected chi connectivity index (χ3v) is 2.78. The average Bonchev–Trinajstić information content (AvgIpc) is 2.48. The molecule has 0 radical (unpaired) electrons. The molecule has 2 aromatic rings. The van der Waals surface area contributed by atoms with Crippen LogP contribution in [-0.4, -0.2) is 13.7 Å². The first-order valence-electron chi connectivity index (χ1n) is 6.08. The summed E-state index contributed by atoms with van der Waals surface area (Å²) in [5.41, 5.74) is 1.83. The lowest BCUT2D eigenvalue weighted by molar-refractivity contribution is 0.319. The van der Waals surface area contributed by atoms with Gasteiger partial charge >= 0.3 is 0 Å². The molecule has 19 heavy (non-hydrogen) atoms. The summed E-state index contributed by atoms with van der Waals surface area (Å²) in [6, 6.07) is 17.2. The van der Waals surface area contributed by atoms with E-state index in [0.29, 0.717) is 12.2 Å². The number of ether oxygens (including phenoxy) is 2. The predicted octanol–water partition coefficient (Wildman–Crippen LogP) is 3.19. The molecule has 0 unspecified atom stereocenters. The molecular formula is C16H15NO2. The zero-order chi connectivity index (χ0) is 13.5. The van der Waals surface area contributed by atoms with E-state index in [1.807, 2.05) is 48.5 Å². The summed E-state index contributed by atoms with van der Waals surface area (Å²) in [6.07, 6.45) is 0.808. The van der Waals surface area contributed by atoms with Gasteiger partial charge in [-0.2, -0.15) is 5.26 Å². The molecule has 2 rings (SSSR count). The highest BCUT2D eigenvalue weighted by Crippen LogP contribution is 2.19. The Labute approximate surface area is 113 Å². The number of hydrogen-bond acceptors (Lipinski definition) is 3. The van der Waals surface area contributed by atoms with Gasteiger partial charge in [-0.05, 0) is 29.8 Å². The summed E-state index contributed by atoms with van der Waals surface area (Å²) in [7, 11) is 1.63. The third kappa shape index (κ3) is 3.75. The van der Waals surface area contributed by atoms with Crippen molar-refractivity contribution in [3.05, 3.63) is 59.7 Å². The topological polar surface area (TPSA) is 42.2 Å². The van der Waals surface area contributed by atoms with Gasteiger partial charge in [0.2, 0.25) is 0 Å². The Morgan fingerprint density at radius 2 is 1.79 bits per heavy atom. The molecule has 0 amide bonds. The van der Waals surface area contributed by atoms with Crippen LogP contribution in [0.25, 0.3) is 0 Å². The lowest BCUT2D eigenvalue weighted by Gasteiger charge is -2.07. The van der Waals surface area contributed by atoms with E-state index in [-0.39, 0.29) is 0 Å². The average molecular weight is 253 g/mol. The van der Waals surface area contributed by atoms with Crippen molar-refractivity contribution in [2.75, 3.05) is 13.7 Å². The Bertz CT molecular complexity index is 570. The van der Waals surface area contributed by atoms with Crippen molar-refractivity contribution in [1.29, 1.82) is 5.26 Å². The summed E-state index contributed by atoms with van der Waals surface area (Å²) < 4.78 is 10.8. The second kappa shape index (κ2) is 6.46. The largest absolute Gasteiger partial charge is 0.497 e. The molecule has 2 aromatic carbocycles. The first kappa shape index (κ1) is 13.0. The number of hydrogen-bond donors (Lipinski definition) is 0. The van der Waals surface area contributed by atoms with E-state index in [1.54, 1.807) is 7.11 Å². The first-order chi connectivity index (χ1) is 9.31. The molecule has 3 heteroatoms. The van der Waals surface area contributed by atoms with Crippen LogP contribution in [0.2, 0.25) is 0 Å². The highest BCUT2D eigenvalue weighted by Gasteiger charge is 1.98. The van der Waals surface area contributed by atoms with Crippen molar-refractivity contribution in [1.82, 2.24) is 0 Å². The van der Waals surface area contributed by atoms with Crippen LogP contribution in [0.5, 0.6) is 11.5 Å². The fraction of sp³-hybridized carbons (Fsp3) is 0.188. The van der Waals surface area contributed by atoms with Crippen molar-refractivity contribution < 1.29 is 9.47 Å². The minimum Gasteiger partial charge on any atom is -0.497 e. The van der Waals surface area contributed by atoms with Gasteiger partial charge in [0, 0.05) is 12.5 Å². The lowest BCUT2D eigenvalue weighted by Crippen LogP contribution is -2.01. The van der Waals surface area contributed by atoms with E-state index >= 15 is 0 Å². The molecule has 0 spiro atoms. The molecule has 0 N–H and O–H groups in total. The van der Waals surface area contributed by atoms with Crippen LogP contribution in [0.15, 0.2) is 48.5 Å². The summed E-state index contributed by atoms with van der Waals surface area (Å²) in [5, 5.41) is 8.72. The van der Waals surface area contributed by atoms with E-state index in [2.05, 4.69) is 6.07 Å². The molecule has 0 heterocycles. The maximum absolute atomic E-state index is 8.72. The second-order valence-corrected chi connectivity index (χ2v) is 4.09. The molecule has 0 saturated heterocycles. The van der Waals surface area contributed by atoms with Gasteiger partial charge in [0.05, 0.1) is 25.3 Å². The van der Waals surface area contributed by atoms with Crippen LogP contribution in [0.4, 0.5) is 0 Å². The van der Waals surface area contributed by atoms with Crippen molar-refractivity contribution in [3.8, 4) is 17.6 Å². The SMILES string of the molecule is COc1cccc(OCCc2ccc(C#N)cc2)c1. The smallest absolute Gasteiger partial charge is 0.122 e. The molecule has 0 aliphatic rings. The molecule has 0 aliphatic heterocycles. The van der Waals surface area contributed by atoms with Gasteiger partial charge in [0.1, 0.15) is 11.5 Å². The molecule has 0 bridgehead atoms. The van der Waals surface area contributed by atoms with Gasteiger partial charge in [0.25, 0.3) is 0 Å². The van der Waals surface area contributed by atoms with Gasteiger partial charge in [-0.15, -0.1) is 0 Å². The van der Waals surface area contributed by atoms with Crippen molar-refractivity contribution in [2.45, 2.75) is 6.42 Å². The van der Waals surface area contributed by atoms with Gasteiger partial charge < -0.3 is 9.47 Å². The third-order valence-electron chi connectivity index (χ3n) is 2.78. The number of nitrogens with zero attached hydrogens (tertiary/aromatic N) is 1. The fourth-order valence-corrected chi connectivity index (χ4v) is 1.72. The monoisotopic (exact) mass is 253 g/mol. The fourth-order valence-electron chi connectivity index (χ4n) is 1.72. The Balaban J connectivity index is 1.87. The minimum absolute atomic E-state index is 0.596. The van der Waals surface area contributed by atoms with Crippen LogP contribution < -0.4 is 9.47 Å². The number of benzene rings is 2. The number of nitriles is 1. The summed E-state index contributed by atoms with van der Waals surface area (Å²) in [5.74, 6) is 1.59. The zero-order valence-corrected chi connectivity index (χ0v) is 10.8. The van der Waals surface area contributed by atoms with Crippen molar-refractivity contribution >= 4 is 0 Å². The number of methoxy groups -OCH3 is 1. The van der Waals surface area contributed by atoms with E-state index in [1.165, 1.54) is 0 Å².